The molecular weight excluding hydrogens is 575 g/mol. The summed E-state index contributed by atoms with van der Waals surface area (Å²) in [5.74, 6) is 2.33. The zero-order valence-electron chi connectivity index (χ0n) is 31.5. The third-order valence-electron chi connectivity index (χ3n) is 10.3. The third-order valence-corrected chi connectivity index (χ3v) is 11.5. The quantitative estimate of drug-likeness (QED) is 0.281. The summed E-state index contributed by atoms with van der Waals surface area (Å²) in [6.07, 6.45) is 3.76. The van der Waals surface area contributed by atoms with Crippen LogP contribution in [0.5, 0.6) is 0 Å². The molecule has 0 radical (unpaired) electrons. The van der Waals surface area contributed by atoms with Crippen molar-refractivity contribution in [3.63, 3.8) is 0 Å². The van der Waals surface area contributed by atoms with Crippen LogP contribution in [0.25, 0.3) is 22.3 Å². The van der Waals surface area contributed by atoms with E-state index in [9.17, 15) is 0 Å². The van der Waals surface area contributed by atoms with Crippen molar-refractivity contribution in [2.75, 3.05) is 10.8 Å². The van der Waals surface area contributed by atoms with Crippen LogP contribution in [0.15, 0.2) is 65.2 Å². The number of thioether (sulfide) groups is 1. The lowest BCUT2D eigenvalue weighted by Gasteiger charge is -2.33. The van der Waals surface area contributed by atoms with Gasteiger partial charge in [-0.2, -0.15) is 0 Å². The highest BCUT2D eigenvalue weighted by atomic mass is 32.2. The lowest BCUT2D eigenvalue weighted by molar-refractivity contribution is 0.399. The maximum absolute atomic E-state index is 2.74. The van der Waals surface area contributed by atoms with Crippen molar-refractivity contribution in [1.29, 1.82) is 0 Å². The molecule has 1 nitrogen and oxygen atoms in total. The second-order valence-corrected chi connectivity index (χ2v) is 19.5. The number of anilines is 1. The highest BCUT2D eigenvalue weighted by molar-refractivity contribution is 8.03. The van der Waals surface area contributed by atoms with Crippen LogP contribution in [0.2, 0.25) is 0 Å². The Morgan fingerprint density at radius 3 is 1.41 bits per heavy atom. The molecule has 1 unspecified atom stereocenters. The molecule has 3 aromatic carbocycles. The second kappa shape index (κ2) is 12.2. The van der Waals surface area contributed by atoms with Crippen LogP contribution < -0.4 is 4.90 Å². The van der Waals surface area contributed by atoms with E-state index in [0.717, 1.165) is 5.88 Å². The first kappa shape index (κ1) is 34.9. The molecule has 5 rings (SSSR count). The summed E-state index contributed by atoms with van der Waals surface area (Å²) in [6, 6.07) is 22.0. The van der Waals surface area contributed by atoms with Gasteiger partial charge in [0.05, 0.1) is 11.6 Å². The number of allylic oxidation sites excluding steroid dienone is 2. The number of para-hydroxylation sites is 1. The Morgan fingerprint density at radius 1 is 0.630 bits per heavy atom. The highest BCUT2D eigenvalue weighted by Crippen LogP contribution is 2.53. The van der Waals surface area contributed by atoms with Gasteiger partial charge < -0.3 is 4.90 Å². The first-order valence-corrected chi connectivity index (χ1v) is 18.7. The topological polar surface area (TPSA) is 3.24 Å². The Hall–Kier alpha value is -2.45. The number of hydrogen-bond acceptors (Lipinski definition) is 2. The van der Waals surface area contributed by atoms with Crippen molar-refractivity contribution >= 4 is 17.4 Å². The molecule has 3 aromatic rings. The largest absolute Gasteiger partial charge is 0.333 e. The van der Waals surface area contributed by atoms with Gasteiger partial charge in [0.15, 0.2) is 0 Å². The number of hydrogen-bond donors (Lipinski definition) is 0. The van der Waals surface area contributed by atoms with E-state index in [0.29, 0.717) is 11.8 Å². The summed E-state index contributed by atoms with van der Waals surface area (Å²) in [5.41, 5.74) is 14.2. The van der Waals surface area contributed by atoms with Gasteiger partial charge in [-0.25, -0.2) is 0 Å². The Kier molecular flexibility index (Phi) is 9.26. The van der Waals surface area contributed by atoms with E-state index < -0.39 is 0 Å². The van der Waals surface area contributed by atoms with Crippen molar-refractivity contribution in [3.05, 3.63) is 87.5 Å². The molecule has 2 aliphatic rings. The van der Waals surface area contributed by atoms with E-state index in [1.54, 1.807) is 10.6 Å². The fraction of sp³-hybridized carbons (Fsp3) is 0.545. The maximum Gasteiger partial charge on any atom is 0.0729 e. The number of nitrogens with zero attached hydrogens (tertiary/aromatic N) is 1. The van der Waals surface area contributed by atoms with Gasteiger partial charge in [0.1, 0.15) is 0 Å². The molecule has 0 saturated carbocycles. The average Bonchev–Trinajstić information content (AvgIpc) is 3.38. The first-order valence-electron chi connectivity index (χ1n) is 17.8. The monoisotopic (exact) mass is 635 g/mol. The van der Waals surface area contributed by atoms with Crippen LogP contribution in [0.4, 0.5) is 5.69 Å². The normalized spacial score (nSPS) is 18.1. The standard InChI is InChI=1S/C44H61NS/c1-28(2)35-17-16-20-38-40(35)46-27-45(38)39-36(29-21-31(41(3,4)5)25-32(22-29)42(6,7)8)18-15-19-37(39)30-23-33(43(9,10)11)26-34(24-30)44(12,13)14/h15,18-19,21-26,28,35H,16-17,20,27H2,1-14H3. The number of rotatable bonds is 4. The van der Waals surface area contributed by atoms with Gasteiger partial charge in [0.2, 0.25) is 0 Å². The lowest BCUT2D eigenvalue weighted by atomic mass is 9.77. The molecule has 1 atom stereocenters. The summed E-state index contributed by atoms with van der Waals surface area (Å²) < 4.78 is 0. The van der Waals surface area contributed by atoms with Gasteiger partial charge in [-0.05, 0) is 86.1 Å². The van der Waals surface area contributed by atoms with Crippen molar-refractivity contribution in [3.8, 4) is 22.3 Å². The van der Waals surface area contributed by atoms with E-state index in [1.807, 2.05) is 0 Å². The van der Waals surface area contributed by atoms with Gasteiger partial charge in [0.25, 0.3) is 0 Å². The van der Waals surface area contributed by atoms with Gasteiger partial charge in [-0.3, -0.25) is 0 Å². The molecule has 2 heteroatoms. The van der Waals surface area contributed by atoms with Gasteiger partial charge in [-0.15, -0.1) is 11.8 Å². The minimum atomic E-state index is 0.0590. The van der Waals surface area contributed by atoms with E-state index in [1.165, 1.54) is 69.5 Å². The summed E-state index contributed by atoms with van der Waals surface area (Å²) in [6.45, 7) is 33.1. The summed E-state index contributed by atoms with van der Waals surface area (Å²) in [5, 5.41) is 0. The molecule has 1 aliphatic carbocycles. The van der Waals surface area contributed by atoms with Crippen LogP contribution in [0.1, 0.15) is 138 Å². The molecule has 248 valence electrons. The molecule has 0 spiro atoms. The zero-order valence-corrected chi connectivity index (χ0v) is 32.4. The Bertz CT molecular complexity index is 1470. The van der Waals surface area contributed by atoms with Gasteiger partial charge in [0, 0.05) is 21.7 Å². The van der Waals surface area contributed by atoms with Crippen LogP contribution in [0, 0.1) is 11.8 Å². The molecule has 1 aliphatic heterocycles. The minimum Gasteiger partial charge on any atom is -0.333 e. The Balaban J connectivity index is 1.86. The molecule has 0 amide bonds. The predicted octanol–water partition coefficient (Wildman–Crippen LogP) is 13.4. The minimum absolute atomic E-state index is 0.0590. The van der Waals surface area contributed by atoms with Crippen molar-refractivity contribution < 1.29 is 0 Å². The van der Waals surface area contributed by atoms with Crippen LogP contribution in [-0.2, 0) is 21.7 Å². The second-order valence-electron chi connectivity index (χ2n) is 18.6. The molecular formula is C44H61NS. The predicted molar refractivity (Wildman–Crippen MR) is 206 cm³/mol. The molecule has 0 fully saturated rings. The van der Waals surface area contributed by atoms with Gasteiger partial charge in [-0.1, -0.05) is 152 Å². The maximum atomic E-state index is 2.74. The van der Waals surface area contributed by atoms with Crippen LogP contribution in [0.3, 0.4) is 0 Å². The number of benzene rings is 3. The smallest absolute Gasteiger partial charge is 0.0729 e. The van der Waals surface area contributed by atoms with Crippen LogP contribution >= 0.6 is 11.8 Å². The van der Waals surface area contributed by atoms with E-state index >= 15 is 0 Å². The molecule has 0 bridgehead atoms. The molecule has 0 aromatic heterocycles. The SMILES string of the molecule is CC(C)C1CCCC2=C1SCN2c1c(-c2cc(C(C)(C)C)cc(C(C)(C)C)c2)cccc1-c1cc(C(C)(C)C)cc(C(C)(C)C)c1. The van der Waals surface area contributed by atoms with E-state index in [4.69, 9.17) is 0 Å². The lowest BCUT2D eigenvalue weighted by Crippen LogP contribution is -2.23. The molecule has 0 N–H and O–H groups in total. The van der Waals surface area contributed by atoms with Crippen molar-refractivity contribution in [2.45, 2.75) is 138 Å². The highest BCUT2D eigenvalue weighted by Gasteiger charge is 2.36. The summed E-state index contributed by atoms with van der Waals surface area (Å²) in [4.78, 5) is 4.39. The third kappa shape index (κ3) is 7.03. The molecule has 1 heterocycles. The molecule has 46 heavy (non-hydrogen) atoms. The van der Waals surface area contributed by atoms with Crippen molar-refractivity contribution in [1.82, 2.24) is 0 Å². The van der Waals surface area contributed by atoms with E-state index in [2.05, 4.69) is 168 Å². The first-order chi connectivity index (χ1) is 21.2. The fourth-order valence-corrected chi connectivity index (χ4v) is 8.60. The van der Waals surface area contributed by atoms with Crippen molar-refractivity contribution in [2.24, 2.45) is 11.8 Å². The van der Waals surface area contributed by atoms with Gasteiger partial charge >= 0.3 is 0 Å². The summed E-state index contributed by atoms with van der Waals surface area (Å²) >= 11 is 2.11. The average molecular weight is 636 g/mol. The molecule has 0 saturated heterocycles. The summed E-state index contributed by atoms with van der Waals surface area (Å²) in [7, 11) is 0. The Morgan fingerprint density at radius 2 is 1.04 bits per heavy atom. The van der Waals surface area contributed by atoms with Crippen LogP contribution in [-0.4, -0.2) is 5.88 Å². The zero-order chi connectivity index (χ0) is 34.0. The Labute approximate surface area is 286 Å². The fourth-order valence-electron chi connectivity index (χ4n) is 7.06. The van der Waals surface area contributed by atoms with E-state index in [-0.39, 0.29) is 21.7 Å².